The van der Waals surface area contributed by atoms with Crippen molar-refractivity contribution in [2.24, 2.45) is 0 Å². The second kappa shape index (κ2) is 7.77. The van der Waals surface area contributed by atoms with Crippen LogP contribution in [-0.4, -0.2) is 49.4 Å². The van der Waals surface area contributed by atoms with E-state index < -0.39 is 15.9 Å². The van der Waals surface area contributed by atoms with Crippen LogP contribution in [0, 0.1) is 6.92 Å². The molecule has 1 aliphatic heterocycles. The molecule has 0 N–H and O–H groups in total. The number of hydrogen-bond donors (Lipinski definition) is 0. The summed E-state index contributed by atoms with van der Waals surface area (Å²) in [5, 5.41) is 0. The van der Waals surface area contributed by atoms with Gasteiger partial charge in [-0.3, -0.25) is 4.79 Å². The van der Waals surface area contributed by atoms with Gasteiger partial charge in [0.05, 0.1) is 11.5 Å². The van der Waals surface area contributed by atoms with Crippen molar-refractivity contribution in [2.45, 2.75) is 59.1 Å². The molecule has 2 rings (SSSR count). The SMILES string of the molecule is CCN(C(=O)C(C)Oc1cc(C)ccc1C(C)C)C1CCS(=O)(=O)C1. The Morgan fingerprint density at radius 3 is 2.52 bits per heavy atom. The van der Waals surface area contributed by atoms with Crippen molar-refractivity contribution in [3.63, 3.8) is 0 Å². The lowest BCUT2D eigenvalue weighted by Crippen LogP contribution is -2.47. The Labute approximate surface area is 151 Å². The highest BCUT2D eigenvalue weighted by molar-refractivity contribution is 7.91. The predicted molar refractivity (Wildman–Crippen MR) is 99.8 cm³/mol. The molecule has 2 unspecified atom stereocenters. The van der Waals surface area contributed by atoms with E-state index in [9.17, 15) is 13.2 Å². The van der Waals surface area contributed by atoms with Gasteiger partial charge in [0, 0.05) is 12.6 Å². The van der Waals surface area contributed by atoms with Gasteiger partial charge < -0.3 is 9.64 Å². The maximum absolute atomic E-state index is 12.8. The number of rotatable bonds is 6. The number of aryl methyl sites for hydroxylation is 1. The molecule has 25 heavy (non-hydrogen) atoms. The van der Waals surface area contributed by atoms with E-state index in [1.165, 1.54) is 0 Å². The maximum Gasteiger partial charge on any atom is 0.263 e. The summed E-state index contributed by atoms with van der Waals surface area (Å²) in [4.78, 5) is 14.5. The zero-order chi connectivity index (χ0) is 18.8. The Kier molecular flexibility index (Phi) is 6.14. The van der Waals surface area contributed by atoms with Gasteiger partial charge in [0.1, 0.15) is 5.75 Å². The van der Waals surface area contributed by atoms with Gasteiger partial charge in [0.25, 0.3) is 5.91 Å². The second-order valence-electron chi connectivity index (χ2n) is 7.14. The van der Waals surface area contributed by atoms with Gasteiger partial charge >= 0.3 is 0 Å². The molecular weight excluding hydrogens is 338 g/mol. The third kappa shape index (κ3) is 4.75. The molecule has 0 aliphatic carbocycles. The van der Waals surface area contributed by atoms with Crippen LogP contribution in [0.3, 0.4) is 0 Å². The van der Waals surface area contributed by atoms with Gasteiger partial charge in [-0.1, -0.05) is 26.0 Å². The number of amides is 1. The number of nitrogens with zero attached hydrogens (tertiary/aromatic N) is 1. The Morgan fingerprint density at radius 2 is 2.00 bits per heavy atom. The van der Waals surface area contributed by atoms with E-state index in [4.69, 9.17) is 4.74 Å². The smallest absolute Gasteiger partial charge is 0.263 e. The van der Waals surface area contributed by atoms with Gasteiger partial charge in [-0.2, -0.15) is 0 Å². The minimum absolute atomic E-state index is 0.0565. The zero-order valence-electron chi connectivity index (χ0n) is 15.8. The highest BCUT2D eigenvalue weighted by atomic mass is 32.2. The number of ether oxygens (including phenoxy) is 1. The van der Waals surface area contributed by atoms with Crippen molar-refractivity contribution in [3.05, 3.63) is 29.3 Å². The van der Waals surface area contributed by atoms with Crippen LogP contribution in [0.1, 0.15) is 51.2 Å². The topological polar surface area (TPSA) is 63.7 Å². The summed E-state index contributed by atoms with van der Waals surface area (Å²) in [6.45, 7) is 10.3. The molecule has 1 aromatic carbocycles. The Bertz CT molecular complexity index is 727. The molecular formula is C19H29NO4S. The normalized spacial score (nSPS) is 20.5. The van der Waals surface area contributed by atoms with E-state index in [1.54, 1.807) is 11.8 Å². The van der Waals surface area contributed by atoms with Crippen LogP contribution in [0.5, 0.6) is 5.75 Å². The van der Waals surface area contributed by atoms with Crippen LogP contribution < -0.4 is 4.74 Å². The summed E-state index contributed by atoms with van der Waals surface area (Å²) in [5.41, 5.74) is 2.14. The highest BCUT2D eigenvalue weighted by Crippen LogP contribution is 2.29. The third-order valence-electron chi connectivity index (χ3n) is 4.72. The standard InChI is InChI=1S/C19H29NO4S/c1-6-20(16-9-10-25(22,23)12-16)19(21)15(5)24-18-11-14(4)7-8-17(18)13(2)3/h7-8,11,13,15-16H,6,9-10,12H2,1-5H3. The number of carbonyl (C=O) groups is 1. The fourth-order valence-electron chi connectivity index (χ4n) is 3.31. The molecule has 0 spiro atoms. The monoisotopic (exact) mass is 367 g/mol. The van der Waals surface area contributed by atoms with Crippen molar-refractivity contribution < 1.29 is 17.9 Å². The molecule has 0 saturated carbocycles. The summed E-state index contributed by atoms with van der Waals surface area (Å²) in [6, 6.07) is 5.79. The Hall–Kier alpha value is -1.56. The first-order chi connectivity index (χ1) is 11.6. The molecule has 1 fully saturated rings. The molecule has 0 aromatic heterocycles. The molecule has 2 atom stereocenters. The fourth-order valence-corrected chi connectivity index (χ4v) is 5.04. The van der Waals surface area contributed by atoms with Crippen molar-refractivity contribution >= 4 is 15.7 Å². The van der Waals surface area contributed by atoms with Gasteiger partial charge in [0.2, 0.25) is 0 Å². The molecule has 1 amide bonds. The van der Waals surface area contributed by atoms with Gasteiger partial charge in [-0.25, -0.2) is 8.42 Å². The van der Waals surface area contributed by atoms with Crippen molar-refractivity contribution in [3.8, 4) is 5.75 Å². The first-order valence-electron chi connectivity index (χ1n) is 8.92. The van der Waals surface area contributed by atoms with Crippen LogP contribution in [-0.2, 0) is 14.6 Å². The summed E-state index contributed by atoms with van der Waals surface area (Å²) in [5.74, 6) is 1.08. The van der Waals surface area contributed by atoms with E-state index in [2.05, 4.69) is 13.8 Å². The Morgan fingerprint density at radius 1 is 1.32 bits per heavy atom. The van der Waals surface area contributed by atoms with Gasteiger partial charge in [0.15, 0.2) is 15.9 Å². The minimum Gasteiger partial charge on any atom is -0.481 e. The van der Waals surface area contributed by atoms with Crippen LogP contribution >= 0.6 is 0 Å². The first-order valence-corrected chi connectivity index (χ1v) is 10.7. The highest BCUT2D eigenvalue weighted by Gasteiger charge is 2.35. The van der Waals surface area contributed by atoms with E-state index in [0.717, 1.165) is 16.9 Å². The molecule has 1 aromatic rings. The number of sulfone groups is 1. The quantitative estimate of drug-likeness (QED) is 0.775. The minimum atomic E-state index is -3.03. The summed E-state index contributed by atoms with van der Waals surface area (Å²) in [7, 11) is -3.03. The lowest BCUT2D eigenvalue weighted by atomic mass is 10.0. The maximum atomic E-state index is 12.8. The molecule has 1 aliphatic rings. The van der Waals surface area contributed by atoms with Crippen LogP contribution in [0.15, 0.2) is 18.2 Å². The largest absolute Gasteiger partial charge is 0.481 e. The van der Waals surface area contributed by atoms with E-state index >= 15 is 0 Å². The summed E-state index contributed by atoms with van der Waals surface area (Å²) < 4.78 is 29.5. The number of carbonyl (C=O) groups excluding carboxylic acids is 1. The summed E-state index contributed by atoms with van der Waals surface area (Å²) >= 11 is 0. The molecule has 140 valence electrons. The van der Waals surface area contributed by atoms with Crippen molar-refractivity contribution in [1.82, 2.24) is 4.90 Å². The number of benzene rings is 1. The average molecular weight is 368 g/mol. The number of likely N-dealkylation sites (N-methyl/N-ethyl adjacent to an activating group) is 1. The first kappa shape index (κ1) is 19.8. The number of hydrogen-bond acceptors (Lipinski definition) is 4. The molecule has 0 radical (unpaired) electrons. The molecule has 0 bridgehead atoms. The van der Waals surface area contributed by atoms with Gasteiger partial charge in [-0.05, 0) is 50.3 Å². The Balaban J connectivity index is 2.15. The van der Waals surface area contributed by atoms with Crippen LogP contribution in [0.4, 0.5) is 0 Å². The second-order valence-corrected chi connectivity index (χ2v) is 9.37. The lowest BCUT2D eigenvalue weighted by Gasteiger charge is -2.30. The van der Waals surface area contributed by atoms with E-state index in [1.807, 2.05) is 32.0 Å². The third-order valence-corrected chi connectivity index (χ3v) is 6.47. The molecule has 1 saturated heterocycles. The predicted octanol–water partition coefficient (Wildman–Crippen LogP) is 2.92. The van der Waals surface area contributed by atoms with E-state index in [-0.39, 0.29) is 23.5 Å². The molecule has 1 heterocycles. The lowest BCUT2D eigenvalue weighted by molar-refractivity contribution is -0.139. The summed E-state index contributed by atoms with van der Waals surface area (Å²) in [6.07, 6.45) is -0.140. The van der Waals surface area contributed by atoms with Gasteiger partial charge in [-0.15, -0.1) is 0 Å². The molecule has 5 nitrogen and oxygen atoms in total. The zero-order valence-corrected chi connectivity index (χ0v) is 16.6. The van der Waals surface area contributed by atoms with Crippen molar-refractivity contribution in [1.29, 1.82) is 0 Å². The average Bonchev–Trinajstić information content (AvgIpc) is 2.87. The van der Waals surface area contributed by atoms with Crippen LogP contribution in [0.25, 0.3) is 0 Å². The van der Waals surface area contributed by atoms with E-state index in [0.29, 0.717) is 18.9 Å². The van der Waals surface area contributed by atoms with Crippen molar-refractivity contribution in [2.75, 3.05) is 18.1 Å². The molecule has 6 heteroatoms. The fraction of sp³-hybridized carbons (Fsp3) is 0.632. The van der Waals surface area contributed by atoms with Crippen LogP contribution in [0.2, 0.25) is 0 Å².